The summed E-state index contributed by atoms with van der Waals surface area (Å²) in [5.41, 5.74) is 1.39. The Morgan fingerprint density at radius 1 is 1.25 bits per heavy atom. The molecular formula is C18H24N2O4. The molecule has 1 unspecified atom stereocenters. The zero-order chi connectivity index (χ0) is 17.1. The van der Waals surface area contributed by atoms with Gasteiger partial charge in [0.05, 0.1) is 19.7 Å². The van der Waals surface area contributed by atoms with E-state index in [1.54, 1.807) is 20.3 Å². The first-order chi connectivity index (χ1) is 11.7. The highest BCUT2D eigenvalue weighted by molar-refractivity contribution is 5.83. The van der Waals surface area contributed by atoms with Crippen LogP contribution < -0.4 is 15.0 Å². The first kappa shape index (κ1) is 16.8. The molecule has 1 fully saturated rings. The number of methoxy groups -OCH3 is 2. The van der Waals surface area contributed by atoms with E-state index in [1.165, 1.54) is 0 Å². The lowest BCUT2D eigenvalue weighted by atomic mass is 10.1. The molecule has 2 aromatic rings. The standard InChI is InChI=1S/C18H24N2O4/c1-23-16-9-12-8-13(11-20-6-3-4-14(20)5-7-21)18(22)19-15(12)10-17(16)24-2/h8-10,14,21H,3-7,11H2,1-2H3,(H,19,22). The zero-order valence-electron chi connectivity index (χ0n) is 14.2. The van der Waals surface area contributed by atoms with E-state index >= 15 is 0 Å². The molecule has 1 aromatic carbocycles. The van der Waals surface area contributed by atoms with E-state index in [9.17, 15) is 9.90 Å². The van der Waals surface area contributed by atoms with Crippen molar-refractivity contribution in [1.29, 1.82) is 0 Å². The molecule has 0 radical (unpaired) electrons. The first-order valence-electron chi connectivity index (χ1n) is 8.29. The maximum Gasteiger partial charge on any atom is 0.252 e. The summed E-state index contributed by atoms with van der Waals surface area (Å²) >= 11 is 0. The lowest BCUT2D eigenvalue weighted by Gasteiger charge is -2.23. The number of pyridine rings is 1. The number of aromatic amines is 1. The van der Waals surface area contributed by atoms with E-state index in [0.29, 0.717) is 24.1 Å². The number of benzene rings is 1. The van der Waals surface area contributed by atoms with Crippen LogP contribution in [-0.4, -0.2) is 48.4 Å². The van der Waals surface area contributed by atoms with Crippen molar-refractivity contribution < 1.29 is 14.6 Å². The number of H-pyrrole nitrogens is 1. The minimum Gasteiger partial charge on any atom is -0.493 e. The summed E-state index contributed by atoms with van der Waals surface area (Å²) in [6.07, 6.45) is 2.95. The lowest BCUT2D eigenvalue weighted by Crippen LogP contribution is -2.32. The number of ether oxygens (including phenoxy) is 2. The van der Waals surface area contributed by atoms with Crippen molar-refractivity contribution in [1.82, 2.24) is 9.88 Å². The van der Waals surface area contributed by atoms with Crippen molar-refractivity contribution in [2.75, 3.05) is 27.4 Å². The Balaban J connectivity index is 1.94. The highest BCUT2D eigenvalue weighted by atomic mass is 16.5. The van der Waals surface area contributed by atoms with Gasteiger partial charge in [-0.2, -0.15) is 0 Å². The molecular weight excluding hydrogens is 308 g/mol. The van der Waals surface area contributed by atoms with Crippen LogP contribution in [-0.2, 0) is 6.54 Å². The number of likely N-dealkylation sites (tertiary alicyclic amines) is 1. The Labute approximate surface area is 141 Å². The number of nitrogens with zero attached hydrogens (tertiary/aromatic N) is 1. The summed E-state index contributed by atoms with van der Waals surface area (Å²) in [5.74, 6) is 1.23. The molecule has 1 aromatic heterocycles. The Hall–Kier alpha value is -2.05. The third kappa shape index (κ3) is 3.25. The van der Waals surface area contributed by atoms with Crippen LogP contribution >= 0.6 is 0 Å². The number of fused-ring (bicyclic) bond motifs is 1. The van der Waals surface area contributed by atoms with Crippen LogP contribution in [0.5, 0.6) is 11.5 Å². The van der Waals surface area contributed by atoms with Crippen LogP contribution in [0.3, 0.4) is 0 Å². The summed E-state index contributed by atoms with van der Waals surface area (Å²) in [4.78, 5) is 17.7. The molecule has 24 heavy (non-hydrogen) atoms. The normalized spacial score (nSPS) is 18.2. The van der Waals surface area contributed by atoms with Crippen LogP contribution in [0.4, 0.5) is 0 Å². The van der Waals surface area contributed by atoms with Crippen LogP contribution in [0.2, 0.25) is 0 Å². The first-order valence-corrected chi connectivity index (χ1v) is 8.29. The molecule has 0 spiro atoms. The Morgan fingerprint density at radius 3 is 2.71 bits per heavy atom. The molecule has 3 rings (SSSR count). The predicted molar refractivity (Wildman–Crippen MR) is 92.8 cm³/mol. The van der Waals surface area contributed by atoms with E-state index < -0.39 is 0 Å². The summed E-state index contributed by atoms with van der Waals surface area (Å²) in [6.45, 7) is 1.75. The van der Waals surface area contributed by atoms with Crippen molar-refractivity contribution in [3.63, 3.8) is 0 Å². The van der Waals surface area contributed by atoms with E-state index in [1.807, 2.05) is 12.1 Å². The van der Waals surface area contributed by atoms with Gasteiger partial charge in [0.1, 0.15) is 0 Å². The van der Waals surface area contributed by atoms with Gasteiger partial charge in [-0.3, -0.25) is 9.69 Å². The number of hydrogen-bond donors (Lipinski definition) is 2. The smallest absolute Gasteiger partial charge is 0.252 e. The molecule has 0 bridgehead atoms. The Bertz CT molecular complexity index is 771. The zero-order valence-corrected chi connectivity index (χ0v) is 14.2. The van der Waals surface area contributed by atoms with Crippen LogP contribution in [0.15, 0.2) is 23.0 Å². The molecule has 1 aliphatic rings. The highest BCUT2D eigenvalue weighted by Gasteiger charge is 2.24. The molecule has 1 atom stereocenters. The summed E-state index contributed by atoms with van der Waals surface area (Å²) < 4.78 is 10.6. The van der Waals surface area contributed by atoms with Crippen LogP contribution in [0, 0.1) is 0 Å². The fourth-order valence-electron chi connectivity index (χ4n) is 3.49. The minimum absolute atomic E-state index is 0.0793. The second-order valence-corrected chi connectivity index (χ2v) is 6.20. The van der Waals surface area contributed by atoms with Gasteiger partial charge in [0.2, 0.25) is 0 Å². The molecule has 6 heteroatoms. The second-order valence-electron chi connectivity index (χ2n) is 6.20. The average Bonchev–Trinajstić information content (AvgIpc) is 3.02. The molecule has 0 amide bonds. The fraction of sp³-hybridized carbons (Fsp3) is 0.500. The van der Waals surface area contributed by atoms with Crippen LogP contribution in [0.25, 0.3) is 10.9 Å². The average molecular weight is 332 g/mol. The number of rotatable bonds is 6. The molecule has 6 nitrogen and oxygen atoms in total. The van der Waals surface area contributed by atoms with E-state index in [0.717, 1.165) is 42.3 Å². The van der Waals surface area contributed by atoms with Gasteiger partial charge in [-0.05, 0) is 37.9 Å². The fourth-order valence-corrected chi connectivity index (χ4v) is 3.49. The quantitative estimate of drug-likeness (QED) is 0.845. The van der Waals surface area contributed by atoms with Crippen LogP contribution in [0.1, 0.15) is 24.8 Å². The van der Waals surface area contributed by atoms with E-state index in [-0.39, 0.29) is 12.2 Å². The van der Waals surface area contributed by atoms with Gasteiger partial charge < -0.3 is 19.6 Å². The number of hydrogen-bond acceptors (Lipinski definition) is 5. The largest absolute Gasteiger partial charge is 0.493 e. The van der Waals surface area contributed by atoms with Gasteiger partial charge in [-0.25, -0.2) is 0 Å². The number of aliphatic hydroxyl groups is 1. The molecule has 0 saturated carbocycles. The molecule has 1 saturated heterocycles. The van der Waals surface area contributed by atoms with Gasteiger partial charge in [-0.15, -0.1) is 0 Å². The molecule has 1 aliphatic heterocycles. The molecule has 2 N–H and O–H groups in total. The van der Waals surface area contributed by atoms with Gasteiger partial charge >= 0.3 is 0 Å². The van der Waals surface area contributed by atoms with Crippen molar-refractivity contribution >= 4 is 10.9 Å². The predicted octanol–water partition coefficient (Wildman–Crippen LogP) is 1.89. The summed E-state index contributed by atoms with van der Waals surface area (Å²) in [5, 5.41) is 10.1. The van der Waals surface area contributed by atoms with E-state index in [4.69, 9.17) is 9.47 Å². The summed E-state index contributed by atoms with van der Waals surface area (Å²) in [7, 11) is 3.17. The third-order valence-electron chi connectivity index (χ3n) is 4.76. The molecule has 130 valence electrons. The van der Waals surface area contributed by atoms with Crippen molar-refractivity contribution in [3.8, 4) is 11.5 Å². The molecule has 0 aliphatic carbocycles. The topological polar surface area (TPSA) is 74.8 Å². The third-order valence-corrected chi connectivity index (χ3v) is 4.76. The monoisotopic (exact) mass is 332 g/mol. The Morgan fingerprint density at radius 2 is 2.00 bits per heavy atom. The SMILES string of the molecule is COc1cc2cc(CN3CCCC3CCO)c(=O)[nH]c2cc1OC. The Kier molecular flexibility index (Phi) is 5.06. The van der Waals surface area contributed by atoms with Crippen molar-refractivity contribution in [3.05, 3.63) is 34.1 Å². The number of aliphatic hydroxyl groups excluding tert-OH is 1. The number of nitrogens with one attached hydrogen (secondary N) is 1. The lowest BCUT2D eigenvalue weighted by molar-refractivity contribution is 0.189. The molecule has 2 heterocycles. The van der Waals surface area contributed by atoms with Gasteiger partial charge in [0, 0.05) is 36.2 Å². The second kappa shape index (κ2) is 7.23. The van der Waals surface area contributed by atoms with E-state index in [2.05, 4.69) is 9.88 Å². The van der Waals surface area contributed by atoms with Gasteiger partial charge in [0.25, 0.3) is 5.56 Å². The minimum atomic E-state index is -0.0793. The number of aromatic nitrogens is 1. The maximum absolute atomic E-state index is 12.4. The van der Waals surface area contributed by atoms with Gasteiger partial charge in [0.15, 0.2) is 11.5 Å². The van der Waals surface area contributed by atoms with Crippen molar-refractivity contribution in [2.45, 2.75) is 31.8 Å². The van der Waals surface area contributed by atoms with Crippen molar-refractivity contribution in [2.24, 2.45) is 0 Å². The van der Waals surface area contributed by atoms with Gasteiger partial charge in [-0.1, -0.05) is 0 Å². The summed E-state index contributed by atoms with van der Waals surface area (Å²) in [6, 6.07) is 5.94. The highest BCUT2D eigenvalue weighted by Crippen LogP contribution is 2.31. The maximum atomic E-state index is 12.4.